The Bertz CT molecular complexity index is 539. The van der Waals surface area contributed by atoms with Gasteiger partial charge in [0.25, 0.3) is 0 Å². The van der Waals surface area contributed by atoms with Crippen molar-refractivity contribution in [1.29, 1.82) is 0 Å². The standard InChI is InChI=1S/C18H16/c1(5-11-17-13-7-3-8-14-17)2-6-12-18-15-9-4-10-16-18/h1,3-5,7-10,13-16H,11-12H2/b5-1+. The Morgan fingerprint density at radius 2 is 1.39 bits per heavy atom. The molecule has 0 bridgehead atoms. The van der Waals surface area contributed by atoms with Gasteiger partial charge in [-0.25, -0.2) is 0 Å². The van der Waals surface area contributed by atoms with E-state index < -0.39 is 0 Å². The van der Waals surface area contributed by atoms with Gasteiger partial charge in [-0.2, -0.15) is 0 Å². The van der Waals surface area contributed by atoms with Crippen molar-refractivity contribution in [2.24, 2.45) is 0 Å². The Balaban J connectivity index is 1.78. The second-order valence-corrected chi connectivity index (χ2v) is 4.08. The molecule has 0 fully saturated rings. The van der Waals surface area contributed by atoms with Gasteiger partial charge in [0, 0.05) is 6.42 Å². The van der Waals surface area contributed by atoms with Crippen LogP contribution in [0.2, 0.25) is 0 Å². The molecule has 0 amide bonds. The number of allylic oxidation sites excluding steroid dienone is 2. The van der Waals surface area contributed by atoms with Crippen molar-refractivity contribution in [3.63, 3.8) is 0 Å². The van der Waals surface area contributed by atoms with Gasteiger partial charge in [-0.1, -0.05) is 78.6 Å². The van der Waals surface area contributed by atoms with E-state index in [4.69, 9.17) is 0 Å². The van der Waals surface area contributed by atoms with Crippen LogP contribution in [0.25, 0.3) is 0 Å². The minimum atomic E-state index is 0.816. The lowest BCUT2D eigenvalue weighted by Crippen LogP contribution is -1.79. The van der Waals surface area contributed by atoms with E-state index in [9.17, 15) is 0 Å². The minimum Gasteiger partial charge on any atom is -0.0937 e. The van der Waals surface area contributed by atoms with Crippen LogP contribution in [0.1, 0.15) is 11.1 Å². The van der Waals surface area contributed by atoms with Crippen molar-refractivity contribution in [2.75, 3.05) is 0 Å². The quantitative estimate of drug-likeness (QED) is 0.701. The largest absolute Gasteiger partial charge is 0.0937 e. The summed E-state index contributed by atoms with van der Waals surface area (Å²) in [5.74, 6) is 6.22. The summed E-state index contributed by atoms with van der Waals surface area (Å²) in [6.45, 7) is 0. The molecule has 0 saturated heterocycles. The van der Waals surface area contributed by atoms with Gasteiger partial charge in [0.15, 0.2) is 0 Å². The second kappa shape index (κ2) is 7.14. The number of rotatable bonds is 3. The molecule has 0 aromatic heterocycles. The second-order valence-electron chi connectivity index (χ2n) is 4.08. The van der Waals surface area contributed by atoms with Gasteiger partial charge in [-0.15, -0.1) is 0 Å². The summed E-state index contributed by atoms with van der Waals surface area (Å²) in [5, 5.41) is 0. The molecular weight excluding hydrogens is 216 g/mol. The van der Waals surface area contributed by atoms with Gasteiger partial charge in [0.2, 0.25) is 0 Å². The highest BCUT2D eigenvalue weighted by Crippen LogP contribution is 2.00. The van der Waals surface area contributed by atoms with Crippen LogP contribution in [-0.2, 0) is 12.8 Å². The van der Waals surface area contributed by atoms with Crippen LogP contribution in [-0.4, -0.2) is 0 Å². The van der Waals surface area contributed by atoms with Crippen LogP contribution < -0.4 is 0 Å². The molecule has 0 unspecified atom stereocenters. The molecule has 0 saturated carbocycles. The van der Waals surface area contributed by atoms with E-state index in [1.54, 1.807) is 0 Å². The molecule has 18 heavy (non-hydrogen) atoms. The average molecular weight is 232 g/mol. The highest BCUT2D eigenvalue weighted by Gasteiger charge is 1.85. The van der Waals surface area contributed by atoms with Gasteiger partial charge >= 0.3 is 0 Å². The average Bonchev–Trinajstić information content (AvgIpc) is 2.45. The van der Waals surface area contributed by atoms with Gasteiger partial charge in [-0.05, 0) is 23.6 Å². The predicted octanol–water partition coefficient (Wildman–Crippen LogP) is 4.03. The van der Waals surface area contributed by atoms with E-state index >= 15 is 0 Å². The zero-order valence-corrected chi connectivity index (χ0v) is 10.3. The van der Waals surface area contributed by atoms with Gasteiger partial charge in [0.05, 0.1) is 0 Å². The third-order valence-corrected chi connectivity index (χ3v) is 2.63. The first kappa shape index (κ1) is 12.2. The van der Waals surface area contributed by atoms with E-state index in [0.29, 0.717) is 0 Å². The van der Waals surface area contributed by atoms with E-state index in [2.05, 4.69) is 54.3 Å². The Kier molecular flexibility index (Phi) is 4.84. The van der Waals surface area contributed by atoms with E-state index in [1.165, 1.54) is 11.1 Å². The minimum absolute atomic E-state index is 0.816. The summed E-state index contributed by atoms with van der Waals surface area (Å²) in [7, 11) is 0. The normalized spacial score (nSPS) is 10.0. The topological polar surface area (TPSA) is 0 Å². The molecule has 0 spiro atoms. The molecule has 0 heterocycles. The lowest BCUT2D eigenvalue weighted by molar-refractivity contribution is 1.27. The maximum absolute atomic E-state index is 3.15. The molecule has 0 atom stereocenters. The first-order chi connectivity index (χ1) is 8.95. The first-order valence-electron chi connectivity index (χ1n) is 6.16. The summed E-state index contributed by atoms with van der Waals surface area (Å²) in [5.41, 5.74) is 2.58. The molecule has 88 valence electrons. The summed E-state index contributed by atoms with van der Waals surface area (Å²) in [6.07, 6.45) is 5.81. The van der Waals surface area contributed by atoms with Crippen LogP contribution in [0.3, 0.4) is 0 Å². The Labute approximate surface area is 109 Å². The zero-order valence-electron chi connectivity index (χ0n) is 10.3. The molecule has 0 aliphatic rings. The van der Waals surface area contributed by atoms with Gasteiger partial charge in [-0.3, -0.25) is 0 Å². The molecule has 0 aliphatic carbocycles. The highest BCUT2D eigenvalue weighted by atomic mass is 13.9. The van der Waals surface area contributed by atoms with E-state index in [1.807, 2.05) is 30.3 Å². The first-order valence-corrected chi connectivity index (χ1v) is 6.16. The zero-order chi connectivity index (χ0) is 12.5. The van der Waals surface area contributed by atoms with Crippen LogP contribution in [0.5, 0.6) is 0 Å². The summed E-state index contributed by atoms with van der Waals surface area (Å²) in [4.78, 5) is 0. The van der Waals surface area contributed by atoms with Crippen molar-refractivity contribution in [2.45, 2.75) is 12.8 Å². The lowest BCUT2D eigenvalue weighted by atomic mass is 10.1. The van der Waals surface area contributed by atoms with Crippen molar-refractivity contribution in [3.8, 4) is 11.8 Å². The smallest absolute Gasteiger partial charge is 0.0343 e. The molecule has 0 nitrogen and oxygen atoms in total. The van der Waals surface area contributed by atoms with Crippen molar-refractivity contribution >= 4 is 0 Å². The molecule has 2 rings (SSSR count). The Morgan fingerprint density at radius 1 is 0.778 bits per heavy atom. The molecule has 2 aromatic rings. The molecular formula is C18H16. The van der Waals surface area contributed by atoms with Crippen LogP contribution in [0.4, 0.5) is 0 Å². The third-order valence-electron chi connectivity index (χ3n) is 2.63. The molecule has 0 radical (unpaired) electrons. The monoisotopic (exact) mass is 232 g/mol. The maximum atomic E-state index is 3.15. The highest BCUT2D eigenvalue weighted by molar-refractivity contribution is 5.25. The fraction of sp³-hybridized carbons (Fsp3) is 0.111. The molecule has 2 aromatic carbocycles. The van der Waals surface area contributed by atoms with Crippen molar-refractivity contribution in [1.82, 2.24) is 0 Å². The number of hydrogen-bond acceptors (Lipinski definition) is 0. The fourth-order valence-electron chi connectivity index (χ4n) is 1.68. The molecule has 0 heteroatoms. The van der Waals surface area contributed by atoms with Crippen molar-refractivity contribution in [3.05, 3.63) is 83.9 Å². The van der Waals surface area contributed by atoms with Gasteiger partial charge in [0.1, 0.15) is 0 Å². The Morgan fingerprint density at radius 3 is 2.06 bits per heavy atom. The van der Waals surface area contributed by atoms with Gasteiger partial charge < -0.3 is 0 Å². The summed E-state index contributed by atoms with van der Waals surface area (Å²) < 4.78 is 0. The molecule has 0 aliphatic heterocycles. The summed E-state index contributed by atoms with van der Waals surface area (Å²) in [6, 6.07) is 20.7. The Hall–Kier alpha value is -2.26. The third kappa shape index (κ3) is 4.31. The van der Waals surface area contributed by atoms with Crippen LogP contribution in [0.15, 0.2) is 72.8 Å². The predicted molar refractivity (Wildman–Crippen MR) is 77.2 cm³/mol. The number of benzene rings is 2. The number of hydrogen-bond donors (Lipinski definition) is 0. The fourth-order valence-corrected chi connectivity index (χ4v) is 1.68. The van der Waals surface area contributed by atoms with Crippen LogP contribution in [0, 0.1) is 11.8 Å². The van der Waals surface area contributed by atoms with Crippen LogP contribution >= 0.6 is 0 Å². The molecule has 0 N–H and O–H groups in total. The van der Waals surface area contributed by atoms with E-state index in [0.717, 1.165) is 12.8 Å². The lowest BCUT2D eigenvalue weighted by Gasteiger charge is -1.92. The maximum Gasteiger partial charge on any atom is 0.0343 e. The summed E-state index contributed by atoms with van der Waals surface area (Å²) >= 11 is 0. The van der Waals surface area contributed by atoms with E-state index in [-0.39, 0.29) is 0 Å². The SMILES string of the molecule is C(#CCc1ccccc1)/C=C/Cc1ccccc1. The van der Waals surface area contributed by atoms with Crippen molar-refractivity contribution < 1.29 is 0 Å².